The number of aliphatic hydroxyl groups is 1. The van der Waals surface area contributed by atoms with E-state index in [9.17, 15) is 5.11 Å². The molecule has 0 bridgehead atoms. The van der Waals surface area contributed by atoms with Crippen LogP contribution in [-0.2, 0) is 6.42 Å². The Balaban J connectivity index is 2.30. The van der Waals surface area contributed by atoms with E-state index in [0.29, 0.717) is 0 Å². The molecule has 1 aliphatic rings. The smallest absolute Gasteiger partial charge is 0.0690 e. The molecule has 0 aliphatic heterocycles. The van der Waals surface area contributed by atoms with Gasteiger partial charge >= 0.3 is 0 Å². The molecule has 0 unspecified atom stereocenters. The van der Waals surface area contributed by atoms with Crippen molar-refractivity contribution in [2.75, 3.05) is 12.5 Å². The lowest BCUT2D eigenvalue weighted by Crippen LogP contribution is -2.10. The van der Waals surface area contributed by atoms with E-state index in [1.807, 2.05) is 12.3 Å². The van der Waals surface area contributed by atoms with Gasteiger partial charge in [0.1, 0.15) is 0 Å². The van der Waals surface area contributed by atoms with Crippen LogP contribution >= 0.6 is 35.1 Å². The maximum Gasteiger partial charge on any atom is 0.0690 e. The third-order valence-electron chi connectivity index (χ3n) is 2.85. The van der Waals surface area contributed by atoms with Crippen molar-refractivity contribution in [3.05, 3.63) is 22.7 Å². The van der Waals surface area contributed by atoms with E-state index < -0.39 is 5.60 Å². The van der Waals surface area contributed by atoms with Gasteiger partial charge in [0.05, 0.1) is 10.6 Å². The summed E-state index contributed by atoms with van der Waals surface area (Å²) in [6.45, 7) is 0. The van der Waals surface area contributed by atoms with Crippen LogP contribution in [0, 0.1) is 0 Å². The van der Waals surface area contributed by atoms with Gasteiger partial charge in [-0.3, -0.25) is 0 Å². The first kappa shape index (κ1) is 12.6. The summed E-state index contributed by atoms with van der Waals surface area (Å²) in [7, 11) is 0. The zero-order valence-electron chi connectivity index (χ0n) is 9.42. The first-order valence-electron chi connectivity index (χ1n) is 5.21. The molecular formula is C12H15ClOS2. The maximum atomic E-state index is 9.91. The molecule has 0 saturated heterocycles. The molecule has 4 heteroatoms. The van der Waals surface area contributed by atoms with Gasteiger partial charge in [-0.15, -0.1) is 23.5 Å². The summed E-state index contributed by atoms with van der Waals surface area (Å²) >= 11 is 9.63. The molecule has 0 aromatic heterocycles. The lowest BCUT2D eigenvalue weighted by Gasteiger charge is -2.12. The highest BCUT2D eigenvalue weighted by molar-refractivity contribution is 8.01. The highest BCUT2D eigenvalue weighted by Gasteiger charge is 2.40. The van der Waals surface area contributed by atoms with Gasteiger partial charge in [-0.1, -0.05) is 11.6 Å². The van der Waals surface area contributed by atoms with E-state index in [2.05, 4.69) is 12.3 Å². The second-order valence-corrected chi connectivity index (χ2v) is 6.29. The van der Waals surface area contributed by atoms with Gasteiger partial charge < -0.3 is 5.11 Å². The molecule has 88 valence electrons. The van der Waals surface area contributed by atoms with Crippen LogP contribution in [0.2, 0.25) is 5.02 Å². The topological polar surface area (TPSA) is 20.2 Å². The van der Waals surface area contributed by atoms with E-state index in [1.165, 1.54) is 4.90 Å². The Morgan fingerprint density at radius 3 is 2.50 bits per heavy atom. The number of hydrogen-bond donors (Lipinski definition) is 1. The molecule has 0 heterocycles. The van der Waals surface area contributed by atoms with E-state index >= 15 is 0 Å². The van der Waals surface area contributed by atoms with Crippen LogP contribution in [0.1, 0.15) is 18.4 Å². The summed E-state index contributed by atoms with van der Waals surface area (Å²) in [6, 6.07) is 4.14. The van der Waals surface area contributed by atoms with Crippen LogP contribution in [0.25, 0.3) is 0 Å². The van der Waals surface area contributed by atoms with E-state index in [1.54, 1.807) is 23.5 Å². The molecule has 1 fully saturated rings. The van der Waals surface area contributed by atoms with Gasteiger partial charge in [0.15, 0.2) is 0 Å². The molecule has 0 radical (unpaired) electrons. The molecule has 0 atom stereocenters. The van der Waals surface area contributed by atoms with E-state index in [4.69, 9.17) is 11.6 Å². The van der Waals surface area contributed by atoms with Crippen LogP contribution in [0.3, 0.4) is 0 Å². The predicted molar refractivity (Wildman–Crippen MR) is 72.9 cm³/mol. The number of benzene rings is 1. The predicted octanol–water partition coefficient (Wildman–Crippen LogP) is 3.85. The zero-order valence-corrected chi connectivity index (χ0v) is 11.8. The third kappa shape index (κ3) is 2.70. The Morgan fingerprint density at radius 2 is 2.00 bits per heavy atom. The highest BCUT2D eigenvalue weighted by atomic mass is 35.5. The van der Waals surface area contributed by atoms with Crippen molar-refractivity contribution in [1.29, 1.82) is 0 Å². The Morgan fingerprint density at radius 1 is 1.31 bits per heavy atom. The normalized spacial score (nSPS) is 17.5. The fourth-order valence-electron chi connectivity index (χ4n) is 1.77. The molecule has 1 nitrogen and oxygen atoms in total. The minimum atomic E-state index is -0.445. The largest absolute Gasteiger partial charge is 0.390 e. The van der Waals surface area contributed by atoms with E-state index in [0.717, 1.165) is 34.7 Å². The van der Waals surface area contributed by atoms with Gasteiger partial charge in [-0.2, -0.15) is 0 Å². The third-order valence-corrected chi connectivity index (χ3v) is 5.00. The van der Waals surface area contributed by atoms with Crippen LogP contribution in [0.4, 0.5) is 0 Å². The Labute approximate surface area is 110 Å². The molecule has 1 aromatic rings. The second-order valence-electron chi connectivity index (χ2n) is 4.21. The molecule has 1 aromatic carbocycles. The van der Waals surface area contributed by atoms with Crippen molar-refractivity contribution in [2.45, 2.75) is 34.7 Å². The van der Waals surface area contributed by atoms with Crippen LogP contribution in [0.15, 0.2) is 21.9 Å². The van der Waals surface area contributed by atoms with Gasteiger partial charge in [0.25, 0.3) is 0 Å². The van der Waals surface area contributed by atoms with Crippen LogP contribution in [0.5, 0.6) is 0 Å². The van der Waals surface area contributed by atoms with Gasteiger partial charge in [0, 0.05) is 16.2 Å². The average Bonchev–Trinajstić information content (AvgIpc) is 2.95. The monoisotopic (exact) mass is 274 g/mol. The van der Waals surface area contributed by atoms with E-state index in [-0.39, 0.29) is 0 Å². The minimum Gasteiger partial charge on any atom is -0.390 e. The molecule has 0 amide bonds. The quantitative estimate of drug-likeness (QED) is 0.842. The summed E-state index contributed by atoms with van der Waals surface area (Å²) < 4.78 is 0. The van der Waals surface area contributed by atoms with Crippen molar-refractivity contribution in [1.82, 2.24) is 0 Å². The van der Waals surface area contributed by atoms with Crippen LogP contribution in [-0.4, -0.2) is 23.2 Å². The number of hydrogen-bond acceptors (Lipinski definition) is 3. The average molecular weight is 275 g/mol. The summed E-state index contributed by atoms with van der Waals surface area (Å²) in [4.78, 5) is 2.35. The molecule has 1 aliphatic carbocycles. The number of halogens is 1. The van der Waals surface area contributed by atoms with Crippen molar-refractivity contribution in [3.8, 4) is 0 Å². The van der Waals surface area contributed by atoms with Crippen molar-refractivity contribution in [2.24, 2.45) is 0 Å². The minimum absolute atomic E-state index is 0.445. The summed E-state index contributed by atoms with van der Waals surface area (Å²) in [5.41, 5.74) is 0.701. The van der Waals surface area contributed by atoms with Gasteiger partial charge in [-0.05, 0) is 43.0 Å². The first-order chi connectivity index (χ1) is 7.58. The Kier molecular flexibility index (Phi) is 3.79. The summed E-state index contributed by atoms with van der Waals surface area (Å²) in [5.74, 6) is 0. The van der Waals surface area contributed by atoms with Gasteiger partial charge in [-0.25, -0.2) is 0 Å². The zero-order chi connectivity index (χ0) is 11.8. The lowest BCUT2D eigenvalue weighted by molar-refractivity contribution is 0.151. The summed E-state index contributed by atoms with van der Waals surface area (Å²) in [6.07, 6.45) is 6.66. The first-order valence-corrected chi connectivity index (χ1v) is 8.03. The van der Waals surface area contributed by atoms with Crippen molar-refractivity contribution < 1.29 is 5.11 Å². The van der Waals surface area contributed by atoms with Crippen LogP contribution < -0.4 is 0 Å². The fraction of sp³-hybridized carbons (Fsp3) is 0.500. The number of thioether (sulfide) groups is 2. The Hall–Kier alpha value is 0.170. The number of rotatable bonds is 4. The molecule has 16 heavy (non-hydrogen) atoms. The lowest BCUT2D eigenvalue weighted by atomic mass is 10.1. The molecule has 1 saturated carbocycles. The molecule has 1 N–H and O–H groups in total. The molecule has 0 spiro atoms. The highest BCUT2D eigenvalue weighted by Crippen LogP contribution is 2.41. The molecular weight excluding hydrogens is 260 g/mol. The maximum absolute atomic E-state index is 9.91. The molecule has 2 rings (SSSR count). The van der Waals surface area contributed by atoms with Crippen molar-refractivity contribution >= 4 is 35.1 Å². The standard InChI is InChI=1S/C12H15ClOS2/c1-15-10-6-8(7-12(14)3-4-12)5-9(13)11(10)16-2/h5-6,14H,3-4,7H2,1-2H3. The Bertz CT molecular complexity index is 402. The second kappa shape index (κ2) is 4.81. The fourth-order valence-corrected chi connectivity index (χ4v) is 3.88. The van der Waals surface area contributed by atoms with Gasteiger partial charge in [0.2, 0.25) is 0 Å². The van der Waals surface area contributed by atoms with Crippen molar-refractivity contribution in [3.63, 3.8) is 0 Å². The SMILES string of the molecule is CSc1cc(CC2(O)CC2)cc(Cl)c1SC. The summed E-state index contributed by atoms with van der Waals surface area (Å²) in [5, 5.41) is 10.7.